The zero-order valence-electron chi connectivity index (χ0n) is 13.1. The van der Waals surface area contributed by atoms with Gasteiger partial charge in [-0.1, -0.05) is 17.7 Å². The van der Waals surface area contributed by atoms with Crippen molar-refractivity contribution in [2.45, 2.75) is 33.7 Å². The lowest BCUT2D eigenvalue weighted by Gasteiger charge is -2.12. The van der Waals surface area contributed by atoms with Crippen LogP contribution in [0.1, 0.15) is 35.6 Å². The molecule has 0 unspecified atom stereocenters. The second-order valence-corrected chi connectivity index (χ2v) is 5.87. The Morgan fingerprint density at radius 1 is 1.18 bits per heavy atom. The Kier molecular flexibility index (Phi) is 4.98. The van der Waals surface area contributed by atoms with Crippen molar-refractivity contribution in [3.8, 4) is 0 Å². The van der Waals surface area contributed by atoms with E-state index in [4.69, 9.17) is 11.6 Å². The minimum atomic E-state index is -0.216. The number of hydrogen-bond acceptors (Lipinski definition) is 4. The van der Waals surface area contributed by atoms with E-state index in [1.54, 1.807) is 12.1 Å². The molecular formula is C16H19ClN4O. The van der Waals surface area contributed by atoms with E-state index in [1.807, 2.05) is 39.8 Å². The molecule has 1 aromatic heterocycles. The average Bonchev–Trinajstić information content (AvgIpc) is 2.41. The molecule has 1 aromatic carbocycles. The molecule has 1 heterocycles. The van der Waals surface area contributed by atoms with Gasteiger partial charge in [0.05, 0.1) is 0 Å². The Labute approximate surface area is 135 Å². The van der Waals surface area contributed by atoms with E-state index < -0.39 is 0 Å². The monoisotopic (exact) mass is 318 g/mol. The Hall–Kier alpha value is -2.14. The number of nitrogens with zero attached hydrogens (tertiary/aromatic N) is 2. The minimum Gasteiger partial charge on any atom is -0.349 e. The molecule has 2 N–H and O–H groups in total. The van der Waals surface area contributed by atoms with Gasteiger partial charge in [0.1, 0.15) is 5.69 Å². The topological polar surface area (TPSA) is 66.9 Å². The molecule has 1 amide bonds. The number of aryl methyl sites for hydroxylation is 2. The number of nitrogens with one attached hydrogen (secondary N) is 2. The summed E-state index contributed by atoms with van der Waals surface area (Å²) in [6.07, 6.45) is 0. The molecule has 0 aliphatic heterocycles. The van der Waals surface area contributed by atoms with Gasteiger partial charge in [0, 0.05) is 22.4 Å². The first kappa shape index (κ1) is 16.2. The molecule has 0 saturated heterocycles. The molecule has 0 aliphatic rings. The van der Waals surface area contributed by atoms with Crippen molar-refractivity contribution in [2.24, 2.45) is 0 Å². The highest BCUT2D eigenvalue weighted by Crippen LogP contribution is 2.22. The fourth-order valence-electron chi connectivity index (χ4n) is 1.93. The largest absolute Gasteiger partial charge is 0.349 e. The summed E-state index contributed by atoms with van der Waals surface area (Å²) < 4.78 is 0. The number of rotatable bonds is 4. The molecule has 5 nitrogen and oxygen atoms in total. The molecule has 0 fully saturated rings. The zero-order chi connectivity index (χ0) is 16.3. The first-order valence-electron chi connectivity index (χ1n) is 7.05. The Morgan fingerprint density at radius 2 is 1.91 bits per heavy atom. The van der Waals surface area contributed by atoms with Crippen LogP contribution in [0, 0.1) is 13.8 Å². The van der Waals surface area contributed by atoms with Crippen LogP contribution in [0.5, 0.6) is 0 Å². The van der Waals surface area contributed by atoms with Gasteiger partial charge in [0.15, 0.2) is 0 Å². The summed E-state index contributed by atoms with van der Waals surface area (Å²) >= 11 is 6.01. The van der Waals surface area contributed by atoms with E-state index in [9.17, 15) is 4.79 Å². The van der Waals surface area contributed by atoms with E-state index in [0.29, 0.717) is 22.4 Å². The van der Waals surface area contributed by atoms with Gasteiger partial charge in [-0.2, -0.15) is 0 Å². The standard InChI is InChI=1S/C16H19ClN4O/c1-9(2)18-15(22)14-7-11(4)19-16(21-14)20-13-8-12(17)6-5-10(13)3/h5-9H,1-4H3,(H,18,22)(H,19,20,21). The van der Waals surface area contributed by atoms with Crippen LogP contribution in [0.15, 0.2) is 24.3 Å². The summed E-state index contributed by atoms with van der Waals surface area (Å²) in [5.41, 5.74) is 2.88. The highest BCUT2D eigenvalue weighted by atomic mass is 35.5. The summed E-state index contributed by atoms with van der Waals surface area (Å²) in [6.45, 7) is 7.59. The van der Waals surface area contributed by atoms with Crippen LogP contribution in [0.4, 0.5) is 11.6 Å². The predicted molar refractivity (Wildman–Crippen MR) is 88.8 cm³/mol. The third kappa shape index (κ3) is 4.18. The molecule has 2 aromatic rings. The van der Waals surface area contributed by atoms with Crippen LogP contribution in [0.25, 0.3) is 0 Å². The fourth-order valence-corrected chi connectivity index (χ4v) is 2.10. The molecule has 0 spiro atoms. The summed E-state index contributed by atoms with van der Waals surface area (Å²) in [7, 11) is 0. The molecular weight excluding hydrogens is 300 g/mol. The number of amides is 1. The number of halogens is 1. The van der Waals surface area contributed by atoms with Crippen molar-refractivity contribution in [1.82, 2.24) is 15.3 Å². The normalized spacial score (nSPS) is 10.6. The fraction of sp³-hybridized carbons (Fsp3) is 0.312. The minimum absolute atomic E-state index is 0.0503. The van der Waals surface area contributed by atoms with Crippen molar-refractivity contribution in [2.75, 3.05) is 5.32 Å². The zero-order valence-corrected chi connectivity index (χ0v) is 13.8. The molecule has 22 heavy (non-hydrogen) atoms. The molecule has 0 atom stereocenters. The van der Waals surface area contributed by atoms with Gasteiger partial charge in [0.2, 0.25) is 5.95 Å². The van der Waals surface area contributed by atoms with Gasteiger partial charge in [-0.15, -0.1) is 0 Å². The van der Waals surface area contributed by atoms with Crippen LogP contribution in [0.3, 0.4) is 0 Å². The van der Waals surface area contributed by atoms with Crippen molar-refractivity contribution < 1.29 is 4.79 Å². The quantitative estimate of drug-likeness (QED) is 0.903. The first-order chi connectivity index (χ1) is 10.3. The number of carbonyl (C=O) groups excluding carboxylic acids is 1. The highest BCUT2D eigenvalue weighted by molar-refractivity contribution is 6.30. The van der Waals surface area contributed by atoms with Gasteiger partial charge in [0.25, 0.3) is 5.91 Å². The van der Waals surface area contributed by atoms with Crippen LogP contribution >= 0.6 is 11.6 Å². The summed E-state index contributed by atoms with van der Waals surface area (Å²) in [5, 5.41) is 6.56. The van der Waals surface area contributed by atoms with Gasteiger partial charge in [-0.25, -0.2) is 9.97 Å². The number of hydrogen-bond donors (Lipinski definition) is 2. The van der Waals surface area contributed by atoms with Crippen molar-refractivity contribution in [1.29, 1.82) is 0 Å². The molecule has 6 heteroatoms. The second-order valence-electron chi connectivity index (χ2n) is 5.43. The lowest BCUT2D eigenvalue weighted by Crippen LogP contribution is -2.31. The van der Waals surface area contributed by atoms with E-state index in [0.717, 1.165) is 11.3 Å². The molecule has 0 bridgehead atoms. The van der Waals surface area contributed by atoms with Gasteiger partial charge >= 0.3 is 0 Å². The Bertz CT molecular complexity index is 701. The SMILES string of the molecule is Cc1cc(C(=O)NC(C)C)nc(Nc2cc(Cl)ccc2C)n1. The van der Waals surface area contributed by atoms with Crippen molar-refractivity contribution >= 4 is 29.1 Å². The van der Waals surface area contributed by atoms with E-state index in [-0.39, 0.29) is 11.9 Å². The maximum atomic E-state index is 12.1. The summed E-state index contributed by atoms with van der Waals surface area (Å²) in [4.78, 5) is 20.7. The van der Waals surface area contributed by atoms with Crippen LogP contribution < -0.4 is 10.6 Å². The Balaban J connectivity index is 2.30. The predicted octanol–water partition coefficient (Wildman–Crippen LogP) is 3.63. The smallest absolute Gasteiger partial charge is 0.270 e. The second kappa shape index (κ2) is 6.75. The maximum absolute atomic E-state index is 12.1. The first-order valence-corrected chi connectivity index (χ1v) is 7.42. The Morgan fingerprint density at radius 3 is 2.59 bits per heavy atom. The lowest BCUT2D eigenvalue weighted by molar-refractivity contribution is 0.0938. The highest BCUT2D eigenvalue weighted by Gasteiger charge is 2.12. The molecule has 0 aliphatic carbocycles. The number of aromatic nitrogens is 2. The summed E-state index contributed by atoms with van der Waals surface area (Å²) in [5.74, 6) is 0.158. The van der Waals surface area contributed by atoms with E-state index >= 15 is 0 Å². The maximum Gasteiger partial charge on any atom is 0.270 e. The third-order valence-corrected chi connectivity index (χ3v) is 3.19. The molecule has 116 valence electrons. The number of benzene rings is 1. The van der Waals surface area contributed by atoms with Gasteiger partial charge < -0.3 is 10.6 Å². The van der Waals surface area contributed by atoms with E-state index in [1.165, 1.54) is 0 Å². The third-order valence-electron chi connectivity index (χ3n) is 2.95. The molecule has 0 radical (unpaired) electrons. The molecule has 0 saturated carbocycles. The van der Waals surface area contributed by atoms with Crippen molar-refractivity contribution in [3.05, 3.63) is 46.2 Å². The van der Waals surface area contributed by atoms with Crippen LogP contribution in [-0.2, 0) is 0 Å². The van der Waals surface area contributed by atoms with Crippen LogP contribution in [0.2, 0.25) is 5.02 Å². The summed E-state index contributed by atoms with van der Waals surface area (Å²) in [6, 6.07) is 7.24. The van der Waals surface area contributed by atoms with Gasteiger partial charge in [-0.05, 0) is 51.5 Å². The van der Waals surface area contributed by atoms with Gasteiger partial charge in [-0.3, -0.25) is 4.79 Å². The van der Waals surface area contributed by atoms with Crippen molar-refractivity contribution in [3.63, 3.8) is 0 Å². The van der Waals surface area contributed by atoms with Crippen LogP contribution in [-0.4, -0.2) is 21.9 Å². The number of anilines is 2. The van der Waals surface area contributed by atoms with E-state index in [2.05, 4.69) is 20.6 Å². The number of carbonyl (C=O) groups is 1. The lowest BCUT2D eigenvalue weighted by atomic mass is 10.2. The average molecular weight is 319 g/mol. The molecule has 2 rings (SSSR count).